The lowest BCUT2D eigenvalue weighted by atomic mass is 10.1. The van der Waals surface area contributed by atoms with Crippen molar-refractivity contribution in [3.05, 3.63) is 11.3 Å². The molecule has 1 atom stereocenters. The predicted molar refractivity (Wildman–Crippen MR) is 74.7 cm³/mol. The van der Waals surface area contributed by atoms with Gasteiger partial charge in [-0.25, -0.2) is 0 Å². The van der Waals surface area contributed by atoms with Crippen LogP contribution >= 0.6 is 0 Å². The molecule has 0 bridgehead atoms. The lowest BCUT2D eigenvalue weighted by Crippen LogP contribution is -2.39. The standard InChI is InChI=1S/C14H23N3O2/c1-10-13(9-18)14(16(3)15-10)17(7-8-19-4)11(2)12-5-6-12/h9,11-12H,5-8H2,1-4H3. The van der Waals surface area contributed by atoms with Crippen LogP contribution in [0.15, 0.2) is 0 Å². The highest BCUT2D eigenvalue weighted by Gasteiger charge is 2.34. The minimum atomic E-state index is 0.420. The molecule has 0 aromatic carbocycles. The molecule has 1 aromatic heterocycles. The summed E-state index contributed by atoms with van der Waals surface area (Å²) in [5, 5.41) is 4.38. The number of nitrogens with zero attached hydrogens (tertiary/aromatic N) is 3. The van der Waals surface area contributed by atoms with Gasteiger partial charge in [0, 0.05) is 26.7 Å². The van der Waals surface area contributed by atoms with Gasteiger partial charge in [-0.3, -0.25) is 9.48 Å². The third kappa shape index (κ3) is 2.81. The number of hydrogen-bond acceptors (Lipinski definition) is 4. The predicted octanol–water partition coefficient (Wildman–Crippen LogP) is 1.79. The molecule has 0 spiro atoms. The van der Waals surface area contributed by atoms with Gasteiger partial charge >= 0.3 is 0 Å². The smallest absolute Gasteiger partial charge is 0.155 e. The zero-order chi connectivity index (χ0) is 14.0. The van der Waals surface area contributed by atoms with E-state index >= 15 is 0 Å². The van der Waals surface area contributed by atoms with Crippen molar-refractivity contribution in [1.82, 2.24) is 9.78 Å². The summed E-state index contributed by atoms with van der Waals surface area (Å²) in [6.07, 6.45) is 3.47. The number of aromatic nitrogens is 2. The number of hydrogen-bond donors (Lipinski definition) is 0. The van der Waals surface area contributed by atoms with Gasteiger partial charge in [-0.2, -0.15) is 5.10 Å². The molecule has 1 aliphatic carbocycles. The zero-order valence-corrected chi connectivity index (χ0v) is 12.2. The molecule has 0 amide bonds. The minimum Gasteiger partial charge on any atom is -0.383 e. The molecule has 1 fully saturated rings. The van der Waals surface area contributed by atoms with Crippen LogP contribution in [0, 0.1) is 12.8 Å². The number of rotatable bonds is 7. The first-order chi connectivity index (χ1) is 9.10. The topological polar surface area (TPSA) is 47.4 Å². The first-order valence-corrected chi connectivity index (χ1v) is 6.84. The van der Waals surface area contributed by atoms with Crippen LogP contribution in [0.2, 0.25) is 0 Å². The van der Waals surface area contributed by atoms with E-state index in [2.05, 4.69) is 16.9 Å². The third-order valence-corrected chi connectivity index (χ3v) is 3.96. The molecule has 1 saturated carbocycles. The van der Waals surface area contributed by atoms with Crippen molar-refractivity contribution in [3.8, 4) is 0 Å². The van der Waals surface area contributed by atoms with Gasteiger partial charge in [0.1, 0.15) is 5.82 Å². The molecule has 1 aliphatic rings. The molecular formula is C14H23N3O2. The van der Waals surface area contributed by atoms with Gasteiger partial charge in [-0.1, -0.05) is 0 Å². The van der Waals surface area contributed by atoms with E-state index in [0.29, 0.717) is 18.2 Å². The molecule has 0 saturated heterocycles. The second-order valence-electron chi connectivity index (χ2n) is 5.33. The van der Waals surface area contributed by atoms with E-state index in [-0.39, 0.29) is 0 Å². The number of anilines is 1. The minimum absolute atomic E-state index is 0.420. The summed E-state index contributed by atoms with van der Waals surface area (Å²) in [6.45, 7) is 5.54. The molecule has 2 rings (SSSR count). The van der Waals surface area contributed by atoms with Gasteiger partial charge < -0.3 is 9.64 Å². The summed E-state index contributed by atoms with van der Waals surface area (Å²) in [7, 11) is 3.60. The fourth-order valence-corrected chi connectivity index (χ4v) is 2.67. The normalized spacial score (nSPS) is 16.4. The molecule has 19 heavy (non-hydrogen) atoms. The van der Waals surface area contributed by atoms with Crippen molar-refractivity contribution in [2.45, 2.75) is 32.7 Å². The number of carbonyl (C=O) groups is 1. The quantitative estimate of drug-likeness (QED) is 0.705. The maximum Gasteiger partial charge on any atom is 0.155 e. The molecular weight excluding hydrogens is 242 g/mol. The highest BCUT2D eigenvalue weighted by Crippen LogP contribution is 2.37. The molecule has 1 aromatic rings. The molecule has 1 heterocycles. The van der Waals surface area contributed by atoms with Crippen molar-refractivity contribution in [1.29, 1.82) is 0 Å². The van der Waals surface area contributed by atoms with Gasteiger partial charge in [-0.05, 0) is 32.6 Å². The number of aldehydes is 1. The first kappa shape index (κ1) is 14.1. The summed E-state index contributed by atoms with van der Waals surface area (Å²) in [5.74, 6) is 1.65. The van der Waals surface area contributed by atoms with Crippen LogP contribution in [-0.2, 0) is 11.8 Å². The Balaban J connectivity index is 2.33. The Morgan fingerprint density at radius 1 is 1.58 bits per heavy atom. The summed E-state index contributed by atoms with van der Waals surface area (Å²) < 4.78 is 7.02. The van der Waals surface area contributed by atoms with Crippen LogP contribution in [0.4, 0.5) is 5.82 Å². The Hall–Kier alpha value is -1.36. The van der Waals surface area contributed by atoms with Crippen LogP contribution in [-0.4, -0.2) is 42.4 Å². The van der Waals surface area contributed by atoms with Crippen LogP contribution in [0.3, 0.4) is 0 Å². The zero-order valence-electron chi connectivity index (χ0n) is 12.2. The Morgan fingerprint density at radius 2 is 2.26 bits per heavy atom. The number of aryl methyl sites for hydroxylation is 2. The van der Waals surface area contributed by atoms with Gasteiger partial charge in [0.2, 0.25) is 0 Å². The van der Waals surface area contributed by atoms with E-state index in [1.165, 1.54) is 12.8 Å². The van der Waals surface area contributed by atoms with Gasteiger partial charge in [0.05, 0.1) is 17.9 Å². The average Bonchev–Trinajstić information content (AvgIpc) is 3.17. The van der Waals surface area contributed by atoms with Gasteiger partial charge in [0.25, 0.3) is 0 Å². The molecule has 5 heteroatoms. The summed E-state index contributed by atoms with van der Waals surface area (Å²) in [4.78, 5) is 13.6. The van der Waals surface area contributed by atoms with Crippen LogP contribution in [0.25, 0.3) is 0 Å². The van der Waals surface area contributed by atoms with E-state index < -0.39 is 0 Å². The lowest BCUT2D eigenvalue weighted by Gasteiger charge is -2.31. The van der Waals surface area contributed by atoms with Crippen molar-refractivity contribution in [3.63, 3.8) is 0 Å². The third-order valence-electron chi connectivity index (χ3n) is 3.96. The van der Waals surface area contributed by atoms with E-state index in [0.717, 1.165) is 30.3 Å². The summed E-state index contributed by atoms with van der Waals surface area (Å²) >= 11 is 0. The van der Waals surface area contributed by atoms with Crippen LogP contribution < -0.4 is 4.90 Å². The number of carbonyl (C=O) groups excluding carboxylic acids is 1. The first-order valence-electron chi connectivity index (χ1n) is 6.84. The molecule has 0 radical (unpaired) electrons. The lowest BCUT2D eigenvalue weighted by molar-refractivity contribution is 0.112. The largest absolute Gasteiger partial charge is 0.383 e. The van der Waals surface area contributed by atoms with Crippen LogP contribution in [0.5, 0.6) is 0 Å². The van der Waals surface area contributed by atoms with E-state index in [9.17, 15) is 4.79 Å². The van der Waals surface area contributed by atoms with E-state index in [1.54, 1.807) is 7.11 Å². The van der Waals surface area contributed by atoms with Crippen molar-refractivity contribution in [2.75, 3.05) is 25.2 Å². The fraction of sp³-hybridized carbons (Fsp3) is 0.714. The second kappa shape index (κ2) is 5.74. The Labute approximate surface area is 114 Å². The molecule has 0 aliphatic heterocycles. The Kier molecular flexibility index (Phi) is 4.24. The summed E-state index contributed by atoms with van der Waals surface area (Å²) in [6, 6.07) is 0.420. The number of ether oxygens (including phenoxy) is 1. The maximum absolute atomic E-state index is 11.3. The SMILES string of the molecule is COCCN(c1c(C=O)c(C)nn1C)C(C)C1CC1. The second-order valence-corrected chi connectivity index (χ2v) is 5.33. The van der Waals surface area contributed by atoms with Gasteiger partial charge in [-0.15, -0.1) is 0 Å². The molecule has 106 valence electrons. The average molecular weight is 265 g/mol. The van der Waals surface area contributed by atoms with E-state index in [4.69, 9.17) is 4.74 Å². The van der Waals surface area contributed by atoms with Crippen LogP contribution in [0.1, 0.15) is 35.8 Å². The Bertz CT molecular complexity index is 452. The summed E-state index contributed by atoms with van der Waals surface area (Å²) in [5.41, 5.74) is 1.49. The molecule has 1 unspecified atom stereocenters. The van der Waals surface area contributed by atoms with Gasteiger partial charge in [0.15, 0.2) is 6.29 Å². The highest BCUT2D eigenvalue weighted by atomic mass is 16.5. The molecule has 0 N–H and O–H groups in total. The maximum atomic E-state index is 11.3. The molecule has 5 nitrogen and oxygen atoms in total. The van der Waals surface area contributed by atoms with Crippen molar-refractivity contribution >= 4 is 12.1 Å². The monoisotopic (exact) mass is 265 g/mol. The Morgan fingerprint density at radius 3 is 2.79 bits per heavy atom. The number of methoxy groups -OCH3 is 1. The van der Waals surface area contributed by atoms with Crippen molar-refractivity contribution < 1.29 is 9.53 Å². The fourth-order valence-electron chi connectivity index (χ4n) is 2.67. The van der Waals surface area contributed by atoms with Crippen molar-refractivity contribution in [2.24, 2.45) is 13.0 Å². The van der Waals surface area contributed by atoms with E-state index in [1.807, 2.05) is 18.7 Å². The highest BCUT2D eigenvalue weighted by molar-refractivity contribution is 5.85.